The van der Waals surface area contributed by atoms with Crippen LogP contribution in [0.2, 0.25) is 0 Å². The number of ether oxygens (including phenoxy) is 1. The zero-order valence-corrected chi connectivity index (χ0v) is 18.8. The van der Waals surface area contributed by atoms with Gasteiger partial charge in [-0.25, -0.2) is 17.8 Å². The molecule has 0 saturated carbocycles. The van der Waals surface area contributed by atoms with Crippen molar-refractivity contribution in [3.05, 3.63) is 47.9 Å². The van der Waals surface area contributed by atoms with Crippen LogP contribution >= 0.6 is 0 Å². The minimum Gasteiger partial charge on any atom is -0.494 e. The molecule has 1 aromatic carbocycles. The monoisotopic (exact) mass is 435 g/mol. The fraction of sp³-hybridized carbons (Fsp3) is 0.500. The predicted molar refractivity (Wildman–Crippen MR) is 116 cm³/mol. The van der Waals surface area contributed by atoms with Crippen molar-refractivity contribution in [2.24, 2.45) is 0 Å². The Morgan fingerprint density at radius 3 is 2.43 bits per heavy atom. The number of nitrogens with zero attached hydrogens (tertiary/aromatic N) is 2. The second-order valence-corrected chi connectivity index (χ2v) is 11.3. The van der Waals surface area contributed by atoms with Gasteiger partial charge in [0.15, 0.2) is 26.4 Å². The molecule has 1 aliphatic heterocycles. The summed E-state index contributed by atoms with van der Waals surface area (Å²) in [4.78, 5) is 6.47. The first-order valence-electron chi connectivity index (χ1n) is 10.1. The fourth-order valence-corrected chi connectivity index (χ4v) is 4.54. The molecule has 0 radical (unpaired) electrons. The largest absolute Gasteiger partial charge is 0.494 e. The van der Waals surface area contributed by atoms with Crippen molar-refractivity contribution in [2.75, 3.05) is 25.5 Å². The normalized spacial score (nSPS) is 16.4. The molecule has 1 aromatic heterocycles. The van der Waals surface area contributed by atoms with Gasteiger partial charge in [0.1, 0.15) is 0 Å². The molecule has 2 heterocycles. The second-order valence-electron chi connectivity index (χ2n) is 8.66. The molecule has 8 heteroatoms. The summed E-state index contributed by atoms with van der Waals surface area (Å²) in [6.07, 6.45) is 3.48. The van der Waals surface area contributed by atoms with Gasteiger partial charge in [0.25, 0.3) is 0 Å². The van der Waals surface area contributed by atoms with Gasteiger partial charge < -0.3 is 10.1 Å². The van der Waals surface area contributed by atoms with E-state index in [4.69, 9.17) is 4.74 Å². The van der Waals surface area contributed by atoms with Crippen molar-refractivity contribution in [3.63, 3.8) is 0 Å². The number of methoxy groups -OCH3 is 1. The van der Waals surface area contributed by atoms with Gasteiger partial charge in [-0.1, -0.05) is 6.07 Å². The van der Waals surface area contributed by atoms with Crippen LogP contribution < -0.4 is 10.1 Å². The van der Waals surface area contributed by atoms with Crippen molar-refractivity contribution in [3.8, 4) is 5.75 Å². The van der Waals surface area contributed by atoms with E-state index in [0.29, 0.717) is 12.6 Å². The lowest BCUT2D eigenvalue weighted by Crippen LogP contribution is -2.38. The first-order valence-corrected chi connectivity index (χ1v) is 11.6. The van der Waals surface area contributed by atoms with Crippen molar-refractivity contribution >= 4 is 15.5 Å². The maximum atomic E-state index is 13.9. The van der Waals surface area contributed by atoms with Crippen molar-refractivity contribution in [1.29, 1.82) is 0 Å². The molecule has 0 atom stereocenters. The quantitative estimate of drug-likeness (QED) is 0.743. The molecule has 30 heavy (non-hydrogen) atoms. The number of pyridine rings is 1. The lowest BCUT2D eigenvalue weighted by Gasteiger charge is -2.33. The Balaban J connectivity index is 1.53. The maximum Gasteiger partial charge on any atom is 0.200 e. The first-order chi connectivity index (χ1) is 14.1. The molecule has 0 amide bonds. The number of rotatable bonds is 6. The summed E-state index contributed by atoms with van der Waals surface area (Å²) in [5.41, 5.74) is 1.75. The number of sulfone groups is 1. The molecule has 1 aliphatic rings. The zero-order chi connectivity index (χ0) is 21.9. The van der Waals surface area contributed by atoms with E-state index < -0.39 is 14.6 Å². The molecular formula is C22H30FN3O3S. The number of hydrogen-bond acceptors (Lipinski definition) is 6. The maximum absolute atomic E-state index is 13.9. The molecule has 0 spiro atoms. The molecule has 1 saturated heterocycles. The Bertz CT molecular complexity index is 964. The molecule has 0 bridgehead atoms. The van der Waals surface area contributed by atoms with Crippen LogP contribution in [0.5, 0.6) is 5.75 Å². The Morgan fingerprint density at radius 2 is 1.90 bits per heavy atom. The highest BCUT2D eigenvalue weighted by atomic mass is 32.2. The van der Waals surface area contributed by atoms with E-state index in [-0.39, 0.29) is 16.6 Å². The van der Waals surface area contributed by atoms with Crippen LogP contribution in [0.3, 0.4) is 0 Å². The molecule has 1 N–H and O–H groups in total. The van der Waals surface area contributed by atoms with E-state index in [1.807, 2.05) is 6.07 Å². The van der Waals surface area contributed by atoms with E-state index in [9.17, 15) is 12.8 Å². The highest BCUT2D eigenvalue weighted by molar-refractivity contribution is 7.92. The smallest absolute Gasteiger partial charge is 0.200 e. The molecule has 0 aliphatic carbocycles. The molecule has 0 unspecified atom stereocenters. The third-order valence-corrected chi connectivity index (χ3v) is 7.80. The number of anilines is 1. The summed E-state index contributed by atoms with van der Waals surface area (Å²) in [5, 5.41) is 3.55. The van der Waals surface area contributed by atoms with Crippen LogP contribution in [-0.2, 0) is 16.4 Å². The van der Waals surface area contributed by atoms with Crippen molar-refractivity contribution in [1.82, 2.24) is 9.88 Å². The number of halogens is 1. The van der Waals surface area contributed by atoms with Gasteiger partial charge in [0, 0.05) is 25.7 Å². The predicted octanol–water partition coefficient (Wildman–Crippen LogP) is 3.88. The zero-order valence-electron chi connectivity index (χ0n) is 18.0. The molecule has 6 nitrogen and oxygen atoms in total. The van der Waals surface area contributed by atoms with Crippen molar-refractivity contribution < 1.29 is 17.5 Å². The summed E-state index contributed by atoms with van der Waals surface area (Å²) in [5.74, 6) is -0.0763. The number of hydrogen-bond donors (Lipinski definition) is 1. The van der Waals surface area contributed by atoms with Crippen LogP contribution in [0.1, 0.15) is 39.2 Å². The number of piperidine rings is 1. The summed E-state index contributed by atoms with van der Waals surface area (Å²) < 4.78 is 42.9. The highest BCUT2D eigenvalue weighted by Gasteiger charge is 2.32. The van der Waals surface area contributed by atoms with Gasteiger partial charge >= 0.3 is 0 Å². The van der Waals surface area contributed by atoms with Gasteiger partial charge in [-0.3, -0.25) is 4.90 Å². The van der Waals surface area contributed by atoms with E-state index in [2.05, 4.69) is 15.2 Å². The third kappa shape index (κ3) is 5.10. The SMILES string of the molecule is COc1ccc(CN2CCC(Nc3ccc(S(=O)(=O)C(C)(C)C)nc3)CC2)cc1F. The summed E-state index contributed by atoms with van der Waals surface area (Å²) >= 11 is 0. The van der Waals surface area contributed by atoms with E-state index in [1.54, 1.807) is 45.2 Å². The minimum atomic E-state index is -3.45. The Hall–Kier alpha value is -2.19. The Morgan fingerprint density at radius 1 is 1.20 bits per heavy atom. The first kappa shape index (κ1) is 22.5. The Kier molecular flexibility index (Phi) is 6.67. The molecule has 1 fully saturated rings. The average molecular weight is 436 g/mol. The number of benzene rings is 1. The standard InChI is InChI=1S/C22H30FN3O3S/c1-22(2,3)30(27,28)21-8-6-18(14-24-21)25-17-9-11-26(12-10-17)15-16-5-7-20(29-4)19(23)13-16/h5-8,13-14,17,25H,9-12,15H2,1-4H3. The summed E-state index contributed by atoms with van der Waals surface area (Å²) in [6.45, 7) is 7.51. The molecule has 2 aromatic rings. The van der Waals surface area contributed by atoms with Crippen LogP contribution in [0.25, 0.3) is 0 Å². The molecule has 3 rings (SSSR count). The van der Waals surface area contributed by atoms with Gasteiger partial charge in [0.05, 0.1) is 23.7 Å². The van der Waals surface area contributed by atoms with Crippen LogP contribution in [0, 0.1) is 5.82 Å². The van der Waals surface area contributed by atoms with Gasteiger partial charge in [-0.15, -0.1) is 0 Å². The molecule has 164 valence electrons. The van der Waals surface area contributed by atoms with E-state index in [1.165, 1.54) is 13.2 Å². The molecular weight excluding hydrogens is 405 g/mol. The Labute approximate surface area is 178 Å². The third-order valence-electron chi connectivity index (χ3n) is 5.40. The van der Waals surface area contributed by atoms with Crippen molar-refractivity contribution in [2.45, 2.75) is 56.0 Å². The van der Waals surface area contributed by atoms with Crippen LogP contribution in [-0.4, -0.2) is 49.3 Å². The number of likely N-dealkylation sites (tertiary alicyclic amines) is 1. The topological polar surface area (TPSA) is 71.5 Å². The highest BCUT2D eigenvalue weighted by Crippen LogP contribution is 2.25. The summed E-state index contributed by atoms with van der Waals surface area (Å²) in [7, 11) is -1.99. The average Bonchev–Trinajstić information content (AvgIpc) is 2.69. The van der Waals surface area contributed by atoms with E-state index in [0.717, 1.165) is 37.2 Å². The minimum absolute atomic E-state index is 0.0992. The second kappa shape index (κ2) is 8.89. The lowest BCUT2D eigenvalue weighted by molar-refractivity contribution is 0.211. The summed E-state index contributed by atoms with van der Waals surface area (Å²) in [6, 6.07) is 8.72. The van der Waals surface area contributed by atoms with Crippen LogP contribution in [0.15, 0.2) is 41.6 Å². The number of nitrogens with one attached hydrogen (secondary N) is 1. The van der Waals surface area contributed by atoms with E-state index >= 15 is 0 Å². The fourth-order valence-electron chi connectivity index (χ4n) is 3.48. The van der Waals surface area contributed by atoms with Crippen LogP contribution in [0.4, 0.5) is 10.1 Å². The van der Waals surface area contributed by atoms with Gasteiger partial charge in [-0.2, -0.15) is 0 Å². The lowest BCUT2D eigenvalue weighted by atomic mass is 10.0. The number of aromatic nitrogens is 1. The van der Waals surface area contributed by atoms with Gasteiger partial charge in [0.2, 0.25) is 0 Å². The van der Waals surface area contributed by atoms with Gasteiger partial charge in [-0.05, 0) is 63.4 Å².